The number of anilines is 1. The fourth-order valence-corrected chi connectivity index (χ4v) is 5.53. The fraction of sp³-hybridized carbons (Fsp3) is 0.520. The Bertz CT molecular complexity index is 1190. The molecule has 1 unspecified atom stereocenters. The van der Waals surface area contributed by atoms with Crippen LogP contribution in [0.5, 0.6) is 0 Å². The first-order chi connectivity index (χ1) is 15.8. The maximum Gasteiger partial charge on any atom is 0.137 e. The van der Waals surface area contributed by atoms with Gasteiger partial charge in [-0.15, -0.1) is 0 Å². The number of pyridine rings is 1. The molecule has 3 heterocycles. The topological polar surface area (TPSA) is 127 Å². The summed E-state index contributed by atoms with van der Waals surface area (Å²) in [5.74, 6) is 1.56. The summed E-state index contributed by atoms with van der Waals surface area (Å²) in [6.45, 7) is 4.64. The predicted molar refractivity (Wildman–Crippen MR) is 129 cm³/mol. The number of fused-ring (bicyclic) bond motifs is 1. The standard InChI is InChI=1S/C25H34N6O2/c1-3-28-23(26)17-7-9-31(24(17)27)18-11-25(2,13-21(18)33)12-20(32)16-6-8-30-19(15-4-5-15)14-29-22(30)10-16/h6-10,14-15,18,20-21,32-33H,3-5,11-13,27H2,1-2H3,(H2,26,28)/t18-,20?,21-,25-/m1/s1. The SMILES string of the molecule is CCN=C(N)c1ccn([C@@H]2C[C@](C)(CC(O)c3ccn4c(C5CC5)cnc4c3)C[C@H]2O)c1N. The average Bonchev–Trinajstić information content (AvgIpc) is 3.30. The molecule has 3 aromatic rings. The lowest BCUT2D eigenvalue weighted by atomic mass is 9.81. The van der Waals surface area contributed by atoms with Crippen molar-refractivity contribution in [1.29, 1.82) is 0 Å². The highest BCUT2D eigenvalue weighted by atomic mass is 16.3. The van der Waals surface area contributed by atoms with Crippen molar-refractivity contribution in [2.45, 2.75) is 70.1 Å². The summed E-state index contributed by atoms with van der Waals surface area (Å²) in [7, 11) is 0. The Hall–Kier alpha value is -2.84. The van der Waals surface area contributed by atoms with Crippen molar-refractivity contribution < 1.29 is 10.2 Å². The molecule has 2 saturated carbocycles. The summed E-state index contributed by atoms with van der Waals surface area (Å²) < 4.78 is 4.04. The molecule has 33 heavy (non-hydrogen) atoms. The summed E-state index contributed by atoms with van der Waals surface area (Å²) >= 11 is 0. The second-order valence-corrected chi connectivity index (χ2v) is 10.1. The van der Waals surface area contributed by atoms with Crippen LogP contribution in [0.1, 0.15) is 80.8 Å². The normalized spacial score (nSPS) is 26.8. The lowest BCUT2D eigenvalue weighted by Crippen LogP contribution is -2.21. The number of aliphatic hydroxyl groups excluding tert-OH is 2. The fourth-order valence-electron chi connectivity index (χ4n) is 5.53. The third-order valence-electron chi connectivity index (χ3n) is 7.40. The van der Waals surface area contributed by atoms with Crippen LogP contribution in [0.4, 0.5) is 5.82 Å². The van der Waals surface area contributed by atoms with Crippen molar-refractivity contribution >= 4 is 17.3 Å². The van der Waals surface area contributed by atoms with E-state index in [1.165, 1.54) is 18.5 Å². The van der Waals surface area contributed by atoms with Gasteiger partial charge in [0.15, 0.2) is 0 Å². The van der Waals surface area contributed by atoms with E-state index in [-0.39, 0.29) is 11.5 Å². The minimum absolute atomic E-state index is 0.166. The molecule has 0 aromatic carbocycles. The van der Waals surface area contributed by atoms with Crippen molar-refractivity contribution in [3.8, 4) is 0 Å². The average molecular weight is 451 g/mol. The van der Waals surface area contributed by atoms with Crippen LogP contribution in [0.2, 0.25) is 0 Å². The van der Waals surface area contributed by atoms with Gasteiger partial charge in [0.05, 0.1) is 23.8 Å². The maximum absolute atomic E-state index is 11.1. The third-order valence-corrected chi connectivity index (χ3v) is 7.40. The van der Waals surface area contributed by atoms with Crippen LogP contribution in [-0.4, -0.2) is 42.6 Å². The van der Waals surface area contributed by atoms with Gasteiger partial charge < -0.3 is 30.6 Å². The van der Waals surface area contributed by atoms with E-state index in [0.717, 1.165) is 11.2 Å². The van der Waals surface area contributed by atoms with Crippen LogP contribution >= 0.6 is 0 Å². The lowest BCUT2D eigenvalue weighted by Gasteiger charge is -2.27. The summed E-state index contributed by atoms with van der Waals surface area (Å²) in [5, 5.41) is 22.0. The minimum atomic E-state index is -0.628. The number of rotatable bonds is 7. The first-order valence-electron chi connectivity index (χ1n) is 11.9. The van der Waals surface area contributed by atoms with Crippen molar-refractivity contribution in [3.05, 3.63) is 53.6 Å². The first kappa shape index (κ1) is 22.0. The van der Waals surface area contributed by atoms with Crippen LogP contribution in [0.3, 0.4) is 0 Å². The highest BCUT2D eigenvalue weighted by Gasteiger charge is 2.44. The highest BCUT2D eigenvalue weighted by Crippen LogP contribution is 2.50. The molecule has 2 aliphatic carbocycles. The summed E-state index contributed by atoms with van der Waals surface area (Å²) in [4.78, 5) is 8.80. The van der Waals surface area contributed by atoms with Gasteiger partial charge in [-0.05, 0) is 68.2 Å². The molecule has 3 aromatic heterocycles. The molecular weight excluding hydrogens is 416 g/mol. The van der Waals surface area contributed by atoms with E-state index in [1.54, 1.807) is 0 Å². The van der Waals surface area contributed by atoms with Crippen molar-refractivity contribution in [1.82, 2.24) is 14.0 Å². The Morgan fingerprint density at radius 2 is 2.09 bits per heavy atom. The van der Waals surface area contributed by atoms with Crippen LogP contribution in [0, 0.1) is 5.41 Å². The largest absolute Gasteiger partial charge is 0.391 e. The molecule has 2 fully saturated rings. The number of aliphatic imine (C=N–C) groups is 1. The van der Waals surface area contributed by atoms with Gasteiger partial charge in [0, 0.05) is 36.7 Å². The van der Waals surface area contributed by atoms with Crippen molar-refractivity contribution in [2.24, 2.45) is 16.1 Å². The van der Waals surface area contributed by atoms with Crippen LogP contribution in [0.25, 0.3) is 5.65 Å². The second kappa shape index (κ2) is 8.18. The molecule has 5 rings (SSSR count). The van der Waals surface area contributed by atoms with Gasteiger partial charge in [0.25, 0.3) is 0 Å². The van der Waals surface area contributed by atoms with Crippen LogP contribution in [-0.2, 0) is 0 Å². The van der Waals surface area contributed by atoms with Gasteiger partial charge in [-0.1, -0.05) is 6.92 Å². The molecule has 176 valence electrons. The molecule has 0 radical (unpaired) electrons. The molecule has 0 amide bonds. The molecule has 0 spiro atoms. The molecule has 0 aliphatic heterocycles. The van der Waals surface area contributed by atoms with E-state index >= 15 is 0 Å². The Labute approximate surface area is 194 Å². The molecular formula is C25H34N6O2. The Kier molecular flexibility index (Phi) is 5.45. The van der Waals surface area contributed by atoms with E-state index in [0.29, 0.717) is 48.9 Å². The van der Waals surface area contributed by atoms with Gasteiger partial charge in [-0.25, -0.2) is 4.98 Å². The monoisotopic (exact) mass is 450 g/mol. The van der Waals surface area contributed by atoms with E-state index in [4.69, 9.17) is 11.5 Å². The second-order valence-electron chi connectivity index (χ2n) is 10.1. The number of hydrogen-bond acceptors (Lipinski definition) is 5. The van der Waals surface area contributed by atoms with E-state index < -0.39 is 12.2 Å². The number of amidine groups is 1. The Morgan fingerprint density at radius 1 is 1.30 bits per heavy atom. The number of nitrogen functional groups attached to an aromatic ring is 1. The van der Waals surface area contributed by atoms with Gasteiger partial charge in [-0.3, -0.25) is 4.99 Å². The summed E-state index contributed by atoms with van der Waals surface area (Å²) in [6.07, 6.45) is 8.99. The summed E-state index contributed by atoms with van der Waals surface area (Å²) in [5.41, 5.74) is 15.9. The first-order valence-corrected chi connectivity index (χ1v) is 11.9. The molecule has 2 aliphatic rings. The zero-order valence-electron chi connectivity index (χ0n) is 19.4. The molecule has 0 saturated heterocycles. The minimum Gasteiger partial charge on any atom is -0.391 e. The van der Waals surface area contributed by atoms with Gasteiger partial charge in [-0.2, -0.15) is 0 Å². The summed E-state index contributed by atoms with van der Waals surface area (Å²) in [6, 6.07) is 5.66. The van der Waals surface area contributed by atoms with E-state index in [1.807, 2.05) is 48.3 Å². The number of aromatic nitrogens is 3. The molecule has 0 bridgehead atoms. The number of aliphatic hydroxyl groups is 2. The van der Waals surface area contributed by atoms with Crippen LogP contribution in [0.15, 0.2) is 41.8 Å². The van der Waals surface area contributed by atoms with Crippen LogP contribution < -0.4 is 11.5 Å². The number of imidazole rings is 1. The number of nitrogens with two attached hydrogens (primary N) is 2. The molecule has 6 N–H and O–H groups in total. The quantitative estimate of drug-likeness (QED) is 0.325. The number of nitrogens with zero attached hydrogens (tertiary/aromatic N) is 4. The van der Waals surface area contributed by atoms with Crippen molar-refractivity contribution in [2.75, 3.05) is 12.3 Å². The highest BCUT2D eigenvalue weighted by molar-refractivity contribution is 6.01. The Morgan fingerprint density at radius 3 is 2.82 bits per heavy atom. The zero-order chi connectivity index (χ0) is 23.3. The smallest absolute Gasteiger partial charge is 0.137 e. The van der Waals surface area contributed by atoms with E-state index in [9.17, 15) is 10.2 Å². The zero-order valence-corrected chi connectivity index (χ0v) is 19.4. The molecule has 8 heteroatoms. The van der Waals surface area contributed by atoms with Gasteiger partial charge in [0.2, 0.25) is 0 Å². The maximum atomic E-state index is 11.1. The molecule has 8 nitrogen and oxygen atoms in total. The van der Waals surface area contributed by atoms with Gasteiger partial charge in [0.1, 0.15) is 17.3 Å². The lowest BCUT2D eigenvalue weighted by molar-refractivity contribution is 0.0941. The number of hydrogen-bond donors (Lipinski definition) is 4. The van der Waals surface area contributed by atoms with Crippen molar-refractivity contribution in [3.63, 3.8) is 0 Å². The van der Waals surface area contributed by atoms with Gasteiger partial charge >= 0.3 is 0 Å². The predicted octanol–water partition coefficient (Wildman–Crippen LogP) is 3.15. The van der Waals surface area contributed by atoms with E-state index in [2.05, 4.69) is 21.3 Å². The molecule has 4 atom stereocenters. The Balaban J connectivity index is 1.32. The third kappa shape index (κ3) is 4.02.